The van der Waals surface area contributed by atoms with Gasteiger partial charge in [-0.15, -0.1) is 0 Å². The summed E-state index contributed by atoms with van der Waals surface area (Å²) in [5.74, 6) is 0.450. The Morgan fingerprint density at radius 1 is 0.862 bits per heavy atom. The minimum atomic E-state index is -0.660. The van der Waals surface area contributed by atoms with E-state index < -0.39 is 5.72 Å². The smallest absolute Gasteiger partial charge is 0.185 e. The second-order valence-electron chi connectivity index (χ2n) is 7.94. The van der Waals surface area contributed by atoms with Crippen molar-refractivity contribution in [2.45, 2.75) is 44.9 Å². The molecule has 0 saturated carbocycles. The number of nitrogens with zero attached hydrogens (tertiary/aromatic N) is 1. The normalized spacial score (nSPS) is 25.3. The van der Waals surface area contributed by atoms with Crippen molar-refractivity contribution < 1.29 is 4.74 Å². The average molecular weight is 384 g/mol. The van der Waals surface area contributed by atoms with Crippen molar-refractivity contribution in [1.82, 2.24) is 0 Å². The summed E-state index contributed by atoms with van der Waals surface area (Å²) >= 11 is 0. The number of aliphatic imine (C=N–C) groups is 1. The van der Waals surface area contributed by atoms with Crippen molar-refractivity contribution in [1.29, 1.82) is 0 Å². The van der Waals surface area contributed by atoms with Gasteiger partial charge in [0, 0.05) is 17.4 Å². The van der Waals surface area contributed by atoms with Gasteiger partial charge in [-0.05, 0) is 17.5 Å². The molecule has 2 heteroatoms. The molecule has 0 spiro atoms. The standard InChI is InChI=1S/C27H29NO/c1-4-27(24-18-12-7-13-19-24)28-25(23-16-10-6-11-17-23)21(3)26(29-27)20(2)22-14-8-5-9-15-22/h5-21,26H,4H2,1-3H3/t20?,21-,26-,27-/m0/s1. The first-order valence-electron chi connectivity index (χ1n) is 10.6. The third kappa shape index (κ3) is 3.77. The Balaban J connectivity index is 1.84. The van der Waals surface area contributed by atoms with Crippen molar-refractivity contribution in [2.24, 2.45) is 10.9 Å². The quantitative estimate of drug-likeness (QED) is 0.488. The molecular formula is C27H29NO. The largest absolute Gasteiger partial charge is 0.345 e. The molecule has 0 aliphatic carbocycles. The van der Waals surface area contributed by atoms with Gasteiger partial charge >= 0.3 is 0 Å². The van der Waals surface area contributed by atoms with Crippen molar-refractivity contribution in [3.8, 4) is 0 Å². The fourth-order valence-electron chi connectivity index (χ4n) is 4.42. The molecule has 0 saturated heterocycles. The van der Waals surface area contributed by atoms with Crippen LogP contribution in [0.2, 0.25) is 0 Å². The number of hydrogen-bond donors (Lipinski definition) is 0. The number of ether oxygens (including phenoxy) is 1. The van der Waals surface area contributed by atoms with Crippen molar-refractivity contribution in [2.75, 3.05) is 0 Å². The molecule has 3 aromatic rings. The van der Waals surface area contributed by atoms with Crippen LogP contribution >= 0.6 is 0 Å². The van der Waals surface area contributed by atoms with E-state index in [4.69, 9.17) is 9.73 Å². The zero-order valence-electron chi connectivity index (χ0n) is 17.5. The van der Waals surface area contributed by atoms with Gasteiger partial charge in [0.15, 0.2) is 5.72 Å². The molecule has 2 nitrogen and oxygen atoms in total. The van der Waals surface area contributed by atoms with E-state index in [0.717, 1.165) is 17.7 Å². The lowest BCUT2D eigenvalue weighted by Gasteiger charge is -2.44. The maximum Gasteiger partial charge on any atom is 0.185 e. The Morgan fingerprint density at radius 2 is 1.41 bits per heavy atom. The third-order valence-corrected chi connectivity index (χ3v) is 6.15. The molecule has 0 bridgehead atoms. The van der Waals surface area contributed by atoms with E-state index in [1.54, 1.807) is 0 Å². The van der Waals surface area contributed by atoms with E-state index in [9.17, 15) is 0 Å². The van der Waals surface area contributed by atoms with Gasteiger partial charge in [0.2, 0.25) is 0 Å². The highest BCUT2D eigenvalue weighted by Crippen LogP contribution is 2.43. The van der Waals surface area contributed by atoms with Gasteiger partial charge in [-0.1, -0.05) is 112 Å². The Morgan fingerprint density at radius 3 is 2.00 bits per heavy atom. The molecule has 1 aliphatic heterocycles. The predicted molar refractivity (Wildman–Crippen MR) is 120 cm³/mol. The van der Waals surface area contributed by atoms with Crippen LogP contribution in [-0.2, 0) is 10.5 Å². The molecule has 0 aromatic heterocycles. The number of benzene rings is 3. The Bertz CT molecular complexity index is 952. The molecule has 148 valence electrons. The summed E-state index contributed by atoms with van der Waals surface area (Å²) in [6.07, 6.45) is 0.822. The molecule has 0 radical (unpaired) electrons. The van der Waals surface area contributed by atoms with Crippen LogP contribution in [0.5, 0.6) is 0 Å². The molecule has 1 heterocycles. The lowest BCUT2D eigenvalue weighted by Crippen LogP contribution is -2.46. The first-order chi connectivity index (χ1) is 14.1. The zero-order chi connectivity index (χ0) is 20.3. The van der Waals surface area contributed by atoms with E-state index >= 15 is 0 Å². The molecular weight excluding hydrogens is 354 g/mol. The maximum atomic E-state index is 6.90. The van der Waals surface area contributed by atoms with Crippen LogP contribution in [0, 0.1) is 5.92 Å². The first kappa shape index (κ1) is 19.6. The molecule has 4 rings (SSSR count). The van der Waals surface area contributed by atoms with Gasteiger partial charge in [0.05, 0.1) is 11.8 Å². The SMILES string of the molecule is CC[C@]1(c2ccccc2)N=C(c2ccccc2)[C@H](C)[C@H](C(C)c2ccccc2)O1. The lowest BCUT2D eigenvalue weighted by atomic mass is 9.81. The van der Waals surface area contributed by atoms with Gasteiger partial charge in [-0.3, -0.25) is 4.99 Å². The van der Waals surface area contributed by atoms with Crippen LogP contribution in [0.1, 0.15) is 49.8 Å². The number of rotatable bonds is 5. The second kappa shape index (κ2) is 8.34. The van der Waals surface area contributed by atoms with Gasteiger partial charge in [-0.25, -0.2) is 0 Å². The van der Waals surface area contributed by atoms with Gasteiger partial charge in [-0.2, -0.15) is 0 Å². The topological polar surface area (TPSA) is 21.6 Å². The molecule has 4 atom stereocenters. The summed E-state index contributed by atoms with van der Waals surface area (Å²) in [5, 5.41) is 0. The first-order valence-corrected chi connectivity index (χ1v) is 10.6. The summed E-state index contributed by atoms with van der Waals surface area (Å²) in [7, 11) is 0. The second-order valence-corrected chi connectivity index (χ2v) is 7.94. The molecule has 1 aliphatic rings. The molecule has 0 amide bonds. The fourth-order valence-corrected chi connectivity index (χ4v) is 4.42. The molecule has 1 unspecified atom stereocenters. The van der Waals surface area contributed by atoms with E-state index in [2.05, 4.69) is 106 Å². The van der Waals surface area contributed by atoms with Gasteiger partial charge in [0.25, 0.3) is 0 Å². The molecule has 29 heavy (non-hydrogen) atoms. The average Bonchev–Trinajstić information content (AvgIpc) is 2.81. The Hall–Kier alpha value is -2.71. The Labute approximate surface area is 174 Å². The van der Waals surface area contributed by atoms with Gasteiger partial charge in [0.1, 0.15) is 0 Å². The maximum absolute atomic E-state index is 6.90. The van der Waals surface area contributed by atoms with Crippen molar-refractivity contribution in [3.05, 3.63) is 108 Å². The van der Waals surface area contributed by atoms with E-state index in [1.165, 1.54) is 11.1 Å². The monoisotopic (exact) mass is 383 g/mol. The summed E-state index contributed by atoms with van der Waals surface area (Å²) < 4.78 is 6.90. The van der Waals surface area contributed by atoms with E-state index in [0.29, 0.717) is 0 Å². The van der Waals surface area contributed by atoms with Crippen LogP contribution in [-0.4, -0.2) is 11.8 Å². The Kier molecular flexibility index (Phi) is 5.64. The molecule has 0 N–H and O–H groups in total. The van der Waals surface area contributed by atoms with Gasteiger partial charge < -0.3 is 4.74 Å². The third-order valence-electron chi connectivity index (χ3n) is 6.15. The van der Waals surface area contributed by atoms with Crippen LogP contribution < -0.4 is 0 Å². The molecule has 3 aromatic carbocycles. The van der Waals surface area contributed by atoms with E-state index in [-0.39, 0.29) is 17.9 Å². The van der Waals surface area contributed by atoms with Crippen LogP contribution in [0.3, 0.4) is 0 Å². The number of hydrogen-bond acceptors (Lipinski definition) is 2. The van der Waals surface area contributed by atoms with Crippen LogP contribution in [0.4, 0.5) is 0 Å². The minimum absolute atomic E-state index is 0.0327. The van der Waals surface area contributed by atoms with Crippen LogP contribution in [0.25, 0.3) is 0 Å². The van der Waals surface area contributed by atoms with Crippen molar-refractivity contribution in [3.63, 3.8) is 0 Å². The summed E-state index contributed by atoms with van der Waals surface area (Å²) in [5.41, 5.74) is 4.08. The molecule has 0 fully saturated rings. The predicted octanol–water partition coefficient (Wildman–Crippen LogP) is 6.58. The van der Waals surface area contributed by atoms with E-state index in [1.807, 2.05) is 6.07 Å². The highest BCUT2D eigenvalue weighted by Gasteiger charge is 2.44. The highest BCUT2D eigenvalue weighted by atomic mass is 16.5. The summed E-state index contributed by atoms with van der Waals surface area (Å²) in [6.45, 7) is 6.69. The van der Waals surface area contributed by atoms with Crippen LogP contribution in [0.15, 0.2) is 96.0 Å². The summed E-state index contributed by atoms with van der Waals surface area (Å²) in [6, 6.07) is 31.7. The zero-order valence-corrected chi connectivity index (χ0v) is 17.5. The lowest BCUT2D eigenvalue weighted by molar-refractivity contribution is -0.125. The highest BCUT2D eigenvalue weighted by molar-refractivity contribution is 6.03. The summed E-state index contributed by atoms with van der Waals surface area (Å²) in [4.78, 5) is 5.27. The van der Waals surface area contributed by atoms with Crippen molar-refractivity contribution >= 4 is 5.71 Å². The fraction of sp³-hybridized carbons (Fsp3) is 0.296. The minimum Gasteiger partial charge on any atom is -0.345 e.